The predicted octanol–water partition coefficient (Wildman–Crippen LogP) is 4.23. The van der Waals surface area contributed by atoms with E-state index in [2.05, 4.69) is 26.6 Å². The largest absolute Gasteiger partial charge is 0.455 e. The lowest BCUT2D eigenvalue weighted by Crippen LogP contribution is -2.14. The van der Waals surface area contributed by atoms with Gasteiger partial charge in [0.1, 0.15) is 11.5 Å². The fraction of sp³-hybridized carbons (Fsp3) is 0.100. The molecule has 3 aromatic rings. The van der Waals surface area contributed by atoms with E-state index in [0.29, 0.717) is 15.8 Å². The molecule has 0 saturated heterocycles. The minimum absolute atomic E-state index is 0.0444. The summed E-state index contributed by atoms with van der Waals surface area (Å²) in [7, 11) is -3.59. The highest BCUT2D eigenvalue weighted by molar-refractivity contribution is 9.10. The molecule has 7 nitrogen and oxygen atoms in total. The maximum atomic E-state index is 12.5. The van der Waals surface area contributed by atoms with Crippen LogP contribution in [0.1, 0.15) is 23.2 Å². The van der Waals surface area contributed by atoms with E-state index in [4.69, 9.17) is 4.42 Å². The summed E-state index contributed by atoms with van der Waals surface area (Å²) in [4.78, 5) is 24.1. The molecule has 0 bridgehead atoms. The molecule has 9 heteroatoms. The van der Waals surface area contributed by atoms with Crippen LogP contribution in [0.5, 0.6) is 0 Å². The molecule has 3 rings (SSSR count). The third kappa shape index (κ3) is 5.33. The molecule has 0 atom stereocenters. The zero-order valence-corrected chi connectivity index (χ0v) is 17.7. The van der Waals surface area contributed by atoms with E-state index in [1.54, 1.807) is 36.4 Å². The molecule has 29 heavy (non-hydrogen) atoms. The van der Waals surface area contributed by atoms with E-state index in [1.165, 1.54) is 31.2 Å². The van der Waals surface area contributed by atoms with Gasteiger partial charge in [-0.15, -0.1) is 0 Å². The second-order valence-corrected chi connectivity index (χ2v) is 9.07. The van der Waals surface area contributed by atoms with Crippen molar-refractivity contribution in [1.82, 2.24) is 0 Å². The van der Waals surface area contributed by atoms with Gasteiger partial charge < -0.3 is 15.1 Å². The number of anilines is 2. The molecular formula is C20H17BrN2O5S. The molecule has 0 radical (unpaired) electrons. The summed E-state index contributed by atoms with van der Waals surface area (Å²) in [5, 5.41) is 5.28. The van der Waals surface area contributed by atoms with E-state index >= 15 is 0 Å². The second kappa shape index (κ2) is 8.62. The minimum Gasteiger partial charge on any atom is -0.455 e. The van der Waals surface area contributed by atoms with Gasteiger partial charge >= 0.3 is 0 Å². The molecule has 0 unspecified atom stereocenters. The summed E-state index contributed by atoms with van der Waals surface area (Å²) in [6.45, 7) is 1.36. The van der Waals surface area contributed by atoms with Gasteiger partial charge in [0.05, 0.1) is 16.3 Å². The molecule has 0 aliphatic heterocycles. The van der Waals surface area contributed by atoms with Crippen molar-refractivity contribution in [3.05, 3.63) is 76.7 Å². The zero-order valence-electron chi connectivity index (χ0n) is 15.3. The van der Waals surface area contributed by atoms with Gasteiger partial charge in [-0.05, 0) is 42.5 Å². The number of carbonyl (C=O) groups excluding carboxylic acids is 2. The van der Waals surface area contributed by atoms with Crippen molar-refractivity contribution in [2.75, 3.05) is 10.6 Å². The smallest absolute Gasteiger partial charge is 0.291 e. The van der Waals surface area contributed by atoms with Crippen molar-refractivity contribution in [2.45, 2.75) is 17.6 Å². The minimum atomic E-state index is -3.59. The summed E-state index contributed by atoms with van der Waals surface area (Å²) >= 11 is 3.31. The highest BCUT2D eigenvalue weighted by atomic mass is 79.9. The van der Waals surface area contributed by atoms with E-state index in [-0.39, 0.29) is 28.1 Å². The molecule has 2 N–H and O–H groups in total. The number of hydrogen-bond donors (Lipinski definition) is 2. The van der Waals surface area contributed by atoms with Crippen molar-refractivity contribution in [1.29, 1.82) is 0 Å². The van der Waals surface area contributed by atoms with Crippen LogP contribution in [0.2, 0.25) is 0 Å². The van der Waals surface area contributed by atoms with Crippen LogP contribution in [0.4, 0.5) is 11.4 Å². The number of nitrogens with one attached hydrogen (secondary N) is 2. The summed E-state index contributed by atoms with van der Waals surface area (Å²) in [6.07, 6.45) is 0. The van der Waals surface area contributed by atoms with Crippen LogP contribution in [0, 0.1) is 0 Å². The summed E-state index contributed by atoms with van der Waals surface area (Å²) in [5.41, 5.74) is 0.793. The molecular weight excluding hydrogens is 460 g/mol. The lowest BCUT2D eigenvalue weighted by atomic mass is 10.2. The van der Waals surface area contributed by atoms with Gasteiger partial charge in [-0.25, -0.2) is 8.42 Å². The first-order valence-corrected chi connectivity index (χ1v) is 10.9. The second-order valence-electron chi connectivity index (χ2n) is 6.16. The first-order chi connectivity index (χ1) is 13.7. The quantitative estimate of drug-likeness (QED) is 0.553. The van der Waals surface area contributed by atoms with E-state index in [0.717, 1.165) is 0 Å². The molecule has 0 aliphatic carbocycles. The number of rotatable bonds is 6. The normalized spacial score (nSPS) is 11.1. The first kappa shape index (κ1) is 20.8. The Morgan fingerprint density at radius 1 is 0.966 bits per heavy atom. The third-order valence-corrected chi connectivity index (χ3v) is 6.01. The number of amides is 2. The van der Waals surface area contributed by atoms with Gasteiger partial charge in [0.15, 0.2) is 15.6 Å². The summed E-state index contributed by atoms with van der Waals surface area (Å²) in [5.74, 6) is -1.11. The Morgan fingerprint density at radius 3 is 2.38 bits per heavy atom. The number of carbonyl (C=O) groups is 2. The van der Waals surface area contributed by atoms with Gasteiger partial charge in [0.2, 0.25) is 5.91 Å². The van der Waals surface area contributed by atoms with Gasteiger partial charge in [0, 0.05) is 11.4 Å². The molecule has 150 valence electrons. The van der Waals surface area contributed by atoms with Gasteiger partial charge in [-0.1, -0.05) is 34.1 Å². The first-order valence-electron chi connectivity index (χ1n) is 8.49. The van der Waals surface area contributed by atoms with Gasteiger partial charge in [-0.2, -0.15) is 0 Å². The number of sulfone groups is 1. The van der Waals surface area contributed by atoms with Crippen LogP contribution in [-0.2, 0) is 20.4 Å². The Kier molecular flexibility index (Phi) is 6.19. The van der Waals surface area contributed by atoms with Crippen LogP contribution < -0.4 is 10.6 Å². The van der Waals surface area contributed by atoms with Gasteiger partial charge in [0.25, 0.3) is 5.91 Å². The van der Waals surface area contributed by atoms with Crippen LogP contribution in [0.3, 0.4) is 0 Å². The van der Waals surface area contributed by atoms with Gasteiger partial charge in [-0.3, -0.25) is 9.59 Å². The fourth-order valence-corrected chi connectivity index (χ4v) is 4.21. The Bertz CT molecular complexity index is 1160. The molecule has 1 aromatic heterocycles. The van der Waals surface area contributed by atoms with E-state index < -0.39 is 15.7 Å². The number of halogens is 1. The zero-order chi connectivity index (χ0) is 21.0. The van der Waals surface area contributed by atoms with Crippen LogP contribution in [0.15, 0.2) is 74.4 Å². The molecule has 0 aliphatic rings. The predicted molar refractivity (Wildman–Crippen MR) is 112 cm³/mol. The Labute approximate surface area is 176 Å². The number of hydrogen-bond acceptors (Lipinski definition) is 5. The topological polar surface area (TPSA) is 105 Å². The number of benzene rings is 2. The third-order valence-electron chi connectivity index (χ3n) is 3.86. The standard InChI is InChI=1S/C20H17BrN2O5S/c1-13(24)22-17-9-7-14(21)11-18(17)23-20(25)19-10-8-15(28-19)12-29(26,27)16-5-3-2-4-6-16/h2-11H,12H2,1H3,(H,22,24)(H,23,25). The molecule has 0 fully saturated rings. The molecule has 1 heterocycles. The fourth-order valence-electron chi connectivity index (χ4n) is 2.58. The molecule has 0 spiro atoms. The van der Waals surface area contributed by atoms with Crippen molar-refractivity contribution >= 4 is 49.0 Å². The van der Waals surface area contributed by atoms with E-state index in [9.17, 15) is 18.0 Å². The summed E-state index contributed by atoms with van der Waals surface area (Å²) < 4.78 is 31.0. The molecule has 2 amide bonds. The van der Waals surface area contributed by atoms with Crippen molar-refractivity contribution < 1.29 is 22.4 Å². The Morgan fingerprint density at radius 2 is 1.69 bits per heavy atom. The average Bonchev–Trinajstić information content (AvgIpc) is 3.12. The lowest BCUT2D eigenvalue weighted by Gasteiger charge is -2.11. The lowest BCUT2D eigenvalue weighted by molar-refractivity contribution is -0.114. The maximum absolute atomic E-state index is 12.5. The average molecular weight is 477 g/mol. The monoisotopic (exact) mass is 476 g/mol. The Hall–Kier alpha value is -2.91. The highest BCUT2D eigenvalue weighted by Gasteiger charge is 2.20. The Balaban J connectivity index is 1.77. The SMILES string of the molecule is CC(=O)Nc1ccc(Br)cc1NC(=O)c1ccc(CS(=O)(=O)c2ccccc2)o1. The van der Waals surface area contributed by atoms with Crippen LogP contribution >= 0.6 is 15.9 Å². The van der Waals surface area contributed by atoms with Crippen LogP contribution in [0.25, 0.3) is 0 Å². The van der Waals surface area contributed by atoms with E-state index in [1.807, 2.05) is 0 Å². The maximum Gasteiger partial charge on any atom is 0.291 e. The van der Waals surface area contributed by atoms with Crippen molar-refractivity contribution in [2.24, 2.45) is 0 Å². The van der Waals surface area contributed by atoms with Crippen molar-refractivity contribution in [3.8, 4) is 0 Å². The molecule has 0 saturated carbocycles. The number of furan rings is 1. The highest BCUT2D eigenvalue weighted by Crippen LogP contribution is 2.27. The molecule has 2 aromatic carbocycles. The van der Waals surface area contributed by atoms with Crippen LogP contribution in [-0.4, -0.2) is 20.2 Å². The summed E-state index contributed by atoms with van der Waals surface area (Å²) in [6, 6.07) is 15.9. The van der Waals surface area contributed by atoms with Crippen molar-refractivity contribution in [3.63, 3.8) is 0 Å².